The maximum absolute atomic E-state index is 5.53. The topological polar surface area (TPSA) is 81.1 Å². The lowest BCUT2D eigenvalue weighted by Crippen LogP contribution is -2.07. The van der Waals surface area contributed by atoms with Crippen molar-refractivity contribution in [1.82, 2.24) is 24.8 Å². The van der Waals surface area contributed by atoms with E-state index in [0.29, 0.717) is 18.3 Å². The average Bonchev–Trinajstić information content (AvgIpc) is 3.29. The van der Waals surface area contributed by atoms with Gasteiger partial charge in [0.25, 0.3) is 0 Å². The second kappa shape index (κ2) is 6.11. The Labute approximate surface area is 138 Å². The molecule has 7 heteroatoms. The summed E-state index contributed by atoms with van der Waals surface area (Å²) in [5, 5.41) is 15.6. The van der Waals surface area contributed by atoms with E-state index in [2.05, 4.69) is 25.6 Å². The molecule has 7 nitrogen and oxygen atoms in total. The van der Waals surface area contributed by atoms with Gasteiger partial charge >= 0.3 is 0 Å². The Kier molecular flexibility index (Phi) is 3.66. The van der Waals surface area contributed by atoms with Crippen molar-refractivity contribution < 1.29 is 4.42 Å². The summed E-state index contributed by atoms with van der Waals surface area (Å²) in [6.07, 6.45) is 2.45. The molecule has 0 bridgehead atoms. The number of aryl methyl sites for hydroxylation is 1. The largest absolute Gasteiger partial charge is 0.423 e. The highest BCUT2D eigenvalue weighted by atomic mass is 16.4. The normalized spacial score (nSPS) is 11.0. The van der Waals surface area contributed by atoms with Gasteiger partial charge in [0.2, 0.25) is 11.8 Å². The standard InChI is InChI=1S/C17H16N6O/c1-2-16-21-22-17(24-16)11-18-15-10-13(12-6-4-3-5-7-12)20-14-8-9-19-23(14)15/h3-10,18H,2,11H2,1H3. The predicted octanol–water partition coefficient (Wildman–Crippen LogP) is 2.95. The van der Waals surface area contributed by atoms with E-state index in [9.17, 15) is 0 Å². The van der Waals surface area contributed by atoms with Gasteiger partial charge in [-0.05, 0) is 0 Å². The molecule has 0 saturated carbocycles. The maximum Gasteiger partial charge on any atom is 0.235 e. The van der Waals surface area contributed by atoms with Crippen molar-refractivity contribution in [2.75, 3.05) is 5.32 Å². The van der Waals surface area contributed by atoms with E-state index in [1.165, 1.54) is 0 Å². The molecule has 0 unspecified atom stereocenters. The third-order valence-corrected chi connectivity index (χ3v) is 3.66. The van der Waals surface area contributed by atoms with Crippen LogP contribution in [0.1, 0.15) is 18.7 Å². The molecule has 3 heterocycles. The van der Waals surface area contributed by atoms with Gasteiger partial charge in [-0.2, -0.15) is 9.61 Å². The van der Waals surface area contributed by atoms with Gasteiger partial charge in [0, 0.05) is 24.1 Å². The second-order valence-electron chi connectivity index (χ2n) is 5.29. The fourth-order valence-electron chi connectivity index (χ4n) is 2.46. The lowest BCUT2D eigenvalue weighted by atomic mass is 10.1. The molecule has 0 aliphatic carbocycles. The number of hydrogen-bond acceptors (Lipinski definition) is 6. The van der Waals surface area contributed by atoms with E-state index in [1.54, 1.807) is 10.7 Å². The molecule has 0 fully saturated rings. The van der Waals surface area contributed by atoms with Crippen molar-refractivity contribution in [1.29, 1.82) is 0 Å². The zero-order chi connectivity index (χ0) is 16.4. The molecular formula is C17H16N6O. The van der Waals surface area contributed by atoms with Gasteiger partial charge in [0.15, 0.2) is 5.65 Å². The molecule has 0 radical (unpaired) electrons. The maximum atomic E-state index is 5.53. The predicted molar refractivity (Wildman–Crippen MR) is 89.4 cm³/mol. The second-order valence-corrected chi connectivity index (χ2v) is 5.29. The molecule has 0 aliphatic rings. The summed E-state index contributed by atoms with van der Waals surface area (Å²) >= 11 is 0. The van der Waals surface area contributed by atoms with Crippen molar-refractivity contribution in [2.45, 2.75) is 19.9 Å². The molecule has 4 rings (SSSR count). The zero-order valence-corrected chi connectivity index (χ0v) is 13.2. The summed E-state index contributed by atoms with van der Waals surface area (Å²) in [7, 11) is 0. The Balaban J connectivity index is 1.67. The third-order valence-electron chi connectivity index (χ3n) is 3.66. The van der Waals surface area contributed by atoms with E-state index >= 15 is 0 Å². The molecule has 0 atom stereocenters. The average molecular weight is 320 g/mol. The van der Waals surface area contributed by atoms with E-state index in [0.717, 1.165) is 29.1 Å². The van der Waals surface area contributed by atoms with Crippen LogP contribution in [0.2, 0.25) is 0 Å². The number of anilines is 1. The van der Waals surface area contributed by atoms with Crippen LogP contribution in [0.15, 0.2) is 53.1 Å². The van der Waals surface area contributed by atoms with Crippen molar-refractivity contribution >= 4 is 11.5 Å². The van der Waals surface area contributed by atoms with Crippen LogP contribution in [0.25, 0.3) is 16.9 Å². The molecule has 120 valence electrons. The molecule has 0 aliphatic heterocycles. The smallest absolute Gasteiger partial charge is 0.235 e. The highest BCUT2D eigenvalue weighted by Gasteiger charge is 2.10. The first-order valence-electron chi connectivity index (χ1n) is 7.79. The fraction of sp³-hybridized carbons (Fsp3) is 0.176. The van der Waals surface area contributed by atoms with Crippen molar-refractivity contribution in [2.24, 2.45) is 0 Å². The van der Waals surface area contributed by atoms with Crippen LogP contribution in [0.4, 0.5) is 5.82 Å². The van der Waals surface area contributed by atoms with Crippen molar-refractivity contribution in [3.63, 3.8) is 0 Å². The van der Waals surface area contributed by atoms with Gasteiger partial charge in [-0.3, -0.25) is 0 Å². The highest BCUT2D eigenvalue weighted by molar-refractivity contribution is 5.66. The number of hydrogen-bond donors (Lipinski definition) is 1. The number of benzene rings is 1. The van der Waals surface area contributed by atoms with Crippen molar-refractivity contribution in [3.05, 3.63) is 60.4 Å². The summed E-state index contributed by atoms with van der Waals surface area (Å²) in [5.74, 6) is 2.00. The summed E-state index contributed by atoms with van der Waals surface area (Å²) in [5.41, 5.74) is 2.71. The first-order chi connectivity index (χ1) is 11.8. The number of nitrogens with one attached hydrogen (secondary N) is 1. The number of rotatable bonds is 5. The Bertz CT molecular complexity index is 960. The highest BCUT2D eigenvalue weighted by Crippen LogP contribution is 2.22. The number of nitrogens with zero attached hydrogens (tertiary/aromatic N) is 5. The lowest BCUT2D eigenvalue weighted by Gasteiger charge is -2.09. The molecule has 0 amide bonds. The zero-order valence-electron chi connectivity index (χ0n) is 13.2. The molecule has 3 aromatic heterocycles. The van der Waals surface area contributed by atoms with Gasteiger partial charge in [-0.25, -0.2) is 4.98 Å². The molecule has 0 spiro atoms. The summed E-state index contributed by atoms with van der Waals surface area (Å²) < 4.78 is 7.29. The molecular weight excluding hydrogens is 304 g/mol. The Morgan fingerprint density at radius 2 is 1.92 bits per heavy atom. The van der Waals surface area contributed by atoms with E-state index in [4.69, 9.17) is 4.42 Å². The Morgan fingerprint density at radius 1 is 1.08 bits per heavy atom. The van der Waals surface area contributed by atoms with Crippen molar-refractivity contribution in [3.8, 4) is 11.3 Å². The Hall–Kier alpha value is -3.22. The summed E-state index contributed by atoms with van der Waals surface area (Å²) in [4.78, 5) is 4.65. The van der Waals surface area contributed by atoms with E-state index in [-0.39, 0.29) is 0 Å². The third kappa shape index (κ3) is 2.71. The molecule has 24 heavy (non-hydrogen) atoms. The van der Waals surface area contributed by atoms with Gasteiger partial charge in [0.1, 0.15) is 5.82 Å². The quantitative estimate of drug-likeness (QED) is 0.609. The van der Waals surface area contributed by atoms with Gasteiger partial charge in [0.05, 0.1) is 18.4 Å². The first kappa shape index (κ1) is 14.4. The summed E-state index contributed by atoms with van der Waals surface area (Å²) in [6, 6.07) is 13.9. The monoisotopic (exact) mass is 320 g/mol. The van der Waals surface area contributed by atoms with Crippen LogP contribution in [0, 0.1) is 0 Å². The molecule has 4 aromatic rings. The minimum Gasteiger partial charge on any atom is -0.423 e. The fourth-order valence-corrected chi connectivity index (χ4v) is 2.46. The first-order valence-corrected chi connectivity index (χ1v) is 7.79. The molecule has 1 aromatic carbocycles. The minimum absolute atomic E-state index is 0.431. The summed E-state index contributed by atoms with van der Waals surface area (Å²) in [6.45, 7) is 2.41. The van der Waals surface area contributed by atoms with Crippen LogP contribution in [0.5, 0.6) is 0 Å². The number of fused-ring (bicyclic) bond motifs is 1. The van der Waals surface area contributed by atoms with Gasteiger partial charge < -0.3 is 9.73 Å². The van der Waals surface area contributed by atoms with Gasteiger partial charge in [-0.15, -0.1) is 10.2 Å². The van der Waals surface area contributed by atoms with Crippen LogP contribution in [0.3, 0.4) is 0 Å². The minimum atomic E-state index is 0.431. The van der Waals surface area contributed by atoms with Crippen LogP contribution in [-0.4, -0.2) is 24.8 Å². The van der Waals surface area contributed by atoms with Crippen LogP contribution >= 0.6 is 0 Å². The molecule has 1 N–H and O–H groups in total. The van der Waals surface area contributed by atoms with E-state index in [1.807, 2.05) is 49.4 Å². The van der Waals surface area contributed by atoms with E-state index < -0.39 is 0 Å². The molecule has 0 saturated heterocycles. The SMILES string of the molecule is CCc1nnc(CNc2cc(-c3ccccc3)nc3ccnn23)o1. The lowest BCUT2D eigenvalue weighted by molar-refractivity contribution is 0.460. The van der Waals surface area contributed by atoms with Gasteiger partial charge in [-0.1, -0.05) is 37.3 Å². The van der Waals surface area contributed by atoms with Crippen LogP contribution < -0.4 is 5.32 Å². The number of aromatic nitrogens is 5. The Morgan fingerprint density at radius 3 is 2.71 bits per heavy atom. The van der Waals surface area contributed by atoms with Crippen LogP contribution in [-0.2, 0) is 13.0 Å².